The van der Waals surface area contributed by atoms with Gasteiger partial charge in [0.25, 0.3) is 5.56 Å². The van der Waals surface area contributed by atoms with Crippen LogP contribution in [-0.2, 0) is 4.74 Å². The molecule has 4 rings (SSSR count). The lowest BCUT2D eigenvalue weighted by atomic mass is 10.1. The first-order valence-electron chi connectivity index (χ1n) is 9.00. The van der Waals surface area contributed by atoms with Crippen molar-refractivity contribution >= 4 is 6.03 Å². The molecule has 7 nitrogen and oxygen atoms in total. The van der Waals surface area contributed by atoms with Crippen LogP contribution in [0.25, 0.3) is 11.3 Å². The lowest BCUT2D eigenvalue weighted by Gasteiger charge is -2.39. The van der Waals surface area contributed by atoms with Gasteiger partial charge in [-0.05, 0) is 18.9 Å². The van der Waals surface area contributed by atoms with Crippen molar-refractivity contribution in [3.63, 3.8) is 0 Å². The van der Waals surface area contributed by atoms with Crippen LogP contribution >= 0.6 is 0 Å². The van der Waals surface area contributed by atoms with Crippen LogP contribution in [0, 0.1) is 0 Å². The highest BCUT2D eigenvalue weighted by Crippen LogP contribution is 2.21. The lowest BCUT2D eigenvalue weighted by Crippen LogP contribution is -2.56. The summed E-state index contributed by atoms with van der Waals surface area (Å²) < 4.78 is 7.00. The van der Waals surface area contributed by atoms with Crippen molar-refractivity contribution in [1.29, 1.82) is 0 Å². The third-order valence-electron chi connectivity index (χ3n) is 4.89. The van der Waals surface area contributed by atoms with Crippen LogP contribution in [0.1, 0.15) is 18.9 Å². The van der Waals surface area contributed by atoms with Gasteiger partial charge < -0.3 is 15.0 Å². The number of rotatable bonds is 4. The van der Waals surface area contributed by atoms with E-state index in [9.17, 15) is 9.59 Å². The Kier molecular flexibility index (Phi) is 4.71. The first-order valence-corrected chi connectivity index (χ1v) is 9.00. The fourth-order valence-electron chi connectivity index (χ4n) is 3.34. The van der Waals surface area contributed by atoms with Gasteiger partial charge in [0, 0.05) is 37.9 Å². The second kappa shape index (κ2) is 7.29. The third kappa shape index (κ3) is 3.48. The van der Waals surface area contributed by atoms with Gasteiger partial charge in [0.1, 0.15) is 0 Å². The summed E-state index contributed by atoms with van der Waals surface area (Å²) in [5.74, 6) is 0. The zero-order chi connectivity index (χ0) is 17.9. The van der Waals surface area contributed by atoms with Crippen LogP contribution in [0.3, 0.4) is 0 Å². The normalized spacial score (nSPS) is 20.0. The van der Waals surface area contributed by atoms with Gasteiger partial charge in [0.05, 0.1) is 17.8 Å². The smallest absolute Gasteiger partial charge is 0.317 e. The quantitative estimate of drug-likeness (QED) is 0.906. The van der Waals surface area contributed by atoms with E-state index in [2.05, 4.69) is 10.4 Å². The Bertz CT molecular complexity index is 824. The van der Waals surface area contributed by atoms with Crippen LogP contribution in [0.5, 0.6) is 0 Å². The van der Waals surface area contributed by atoms with Gasteiger partial charge in [0.15, 0.2) is 0 Å². The van der Waals surface area contributed by atoms with Crippen LogP contribution in [0.15, 0.2) is 47.3 Å². The fourth-order valence-corrected chi connectivity index (χ4v) is 3.34. The maximum Gasteiger partial charge on any atom is 0.317 e. The molecule has 2 aromatic rings. The molecule has 0 aliphatic carbocycles. The number of nitrogens with zero attached hydrogens (tertiary/aromatic N) is 3. The molecule has 2 amide bonds. The highest BCUT2D eigenvalue weighted by atomic mass is 16.5. The highest BCUT2D eigenvalue weighted by Gasteiger charge is 2.33. The molecule has 2 fully saturated rings. The molecule has 2 saturated heterocycles. The van der Waals surface area contributed by atoms with Gasteiger partial charge in [0.2, 0.25) is 0 Å². The molecular formula is C19H22N4O3. The minimum Gasteiger partial charge on any atom is -0.376 e. The SMILES string of the molecule is O=C(NCC1CCCO1)N1CC(n2nc(-c3ccccc3)ccc2=O)C1. The number of aromatic nitrogens is 2. The molecule has 1 aromatic carbocycles. The minimum absolute atomic E-state index is 0.0837. The molecule has 26 heavy (non-hydrogen) atoms. The van der Waals surface area contributed by atoms with E-state index in [1.165, 1.54) is 10.7 Å². The summed E-state index contributed by atoms with van der Waals surface area (Å²) in [6.07, 6.45) is 2.18. The number of likely N-dealkylation sites (tertiary alicyclic amines) is 1. The van der Waals surface area contributed by atoms with Crippen molar-refractivity contribution in [3.8, 4) is 11.3 Å². The molecule has 0 bridgehead atoms. The van der Waals surface area contributed by atoms with Gasteiger partial charge in [-0.3, -0.25) is 4.79 Å². The molecule has 3 heterocycles. The molecule has 1 unspecified atom stereocenters. The Morgan fingerprint density at radius 3 is 2.73 bits per heavy atom. The monoisotopic (exact) mass is 354 g/mol. The molecule has 0 radical (unpaired) electrons. The molecule has 2 aliphatic rings. The molecule has 0 spiro atoms. The maximum absolute atomic E-state index is 12.2. The van der Waals surface area contributed by atoms with Crippen LogP contribution in [0.2, 0.25) is 0 Å². The Hall–Kier alpha value is -2.67. The summed E-state index contributed by atoms with van der Waals surface area (Å²) in [5.41, 5.74) is 1.58. The predicted molar refractivity (Wildman–Crippen MR) is 96.9 cm³/mol. The topological polar surface area (TPSA) is 76.5 Å². The van der Waals surface area contributed by atoms with E-state index in [-0.39, 0.29) is 23.7 Å². The van der Waals surface area contributed by atoms with E-state index in [4.69, 9.17) is 4.74 Å². The summed E-state index contributed by atoms with van der Waals surface area (Å²) in [5, 5.41) is 7.40. The molecule has 136 valence electrons. The first-order chi connectivity index (χ1) is 12.7. The molecule has 0 saturated carbocycles. The Morgan fingerprint density at radius 1 is 1.19 bits per heavy atom. The van der Waals surface area contributed by atoms with Crippen molar-refractivity contribution in [2.45, 2.75) is 25.0 Å². The van der Waals surface area contributed by atoms with Crippen molar-refractivity contribution in [3.05, 3.63) is 52.8 Å². The lowest BCUT2D eigenvalue weighted by molar-refractivity contribution is 0.0955. The van der Waals surface area contributed by atoms with Gasteiger partial charge in [-0.25, -0.2) is 9.48 Å². The molecular weight excluding hydrogens is 332 g/mol. The van der Waals surface area contributed by atoms with Crippen molar-refractivity contribution in [1.82, 2.24) is 20.0 Å². The standard InChI is InChI=1S/C19H22N4O3/c24-18-9-8-17(14-5-2-1-3-6-14)21-23(18)15-12-22(13-15)19(25)20-11-16-7-4-10-26-16/h1-3,5-6,8-9,15-16H,4,7,10-13H2,(H,20,25). The van der Waals surface area contributed by atoms with Gasteiger partial charge in [-0.15, -0.1) is 0 Å². The second-order valence-corrected chi connectivity index (χ2v) is 6.75. The summed E-state index contributed by atoms with van der Waals surface area (Å²) >= 11 is 0. The molecule has 7 heteroatoms. The van der Waals surface area contributed by atoms with Crippen molar-refractivity contribution in [2.75, 3.05) is 26.2 Å². The van der Waals surface area contributed by atoms with E-state index in [1.54, 1.807) is 11.0 Å². The van der Waals surface area contributed by atoms with E-state index in [0.29, 0.717) is 19.6 Å². The second-order valence-electron chi connectivity index (χ2n) is 6.75. The van der Waals surface area contributed by atoms with Crippen molar-refractivity contribution < 1.29 is 9.53 Å². The molecule has 1 N–H and O–H groups in total. The average Bonchev–Trinajstić information content (AvgIpc) is 3.14. The van der Waals surface area contributed by atoms with Crippen molar-refractivity contribution in [2.24, 2.45) is 0 Å². The fraction of sp³-hybridized carbons (Fsp3) is 0.421. The summed E-state index contributed by atoms with van der Waals surface area (Å²) in [6, 6.07) is 12.8. The largest absolute Gasteiger partial charge is 0.376 e. The molecule has 1 atom stereocenters. The first kappa shape index (κ1) is 16.8. The Balaban J connectivity index is 1.37. The molecule has 2 aliphatic heterocycles. The number of hydrogen-bond acceptors (Lipinski definition) is 4. The number of ether oxygens (including phenoxy) is 1. The Morgan fingerprint density at radius 2 is 2.00 bits per heavy atom. The predicted octanol–water partition coefficient (Wildman–Crippen LogP) is 1.66. The Labute approximate surface area is 151 Å². The number of nitrogens with one attached hydrogen (secondary N) is 1. The third-order valence-corrected chi connectivity index (χ3v) is 4.89. The zero-order valence-electron chi connectivity index (χ0n) is 14.5. The van der Waals surface area contributed by atoms with E-state index in [0.717, 1.165) is 30.7 Å². The van der Waals surface area contributed by atoms with E-state index in [1.807, 2.05) is 30.3 Å². The number of urea groups is 1. The van der Waals surface area contributed by atoms with Crippen LogP contribution in [-0.4, -0.2) is 53.1 Å². The van der Waals surface area contributed by atoms with Crippen LogP contribution < -0.4 is 10.9 Å². The minimum atomic E-state index is -0.144. The number of amides is 2. The van der Waals surface area contributed by atoms with Crippen LogP contribution in [0.4, 0.5) is 4.79 Å². The molecule has 1 aromatic heterocycles. The maximum atomic E-state index is 12.2. The number of carbonyl (C=O) groups excluding carboxylic acids is 1. The van der Waals surface area contributed by atoms with Gasteiger partial charge in [-0.2, -0.15) is 5.10 Å². The summed E-state index contributed by atoms with van der Waals surface area (Å²) in [6.45, 7) is 2.30. The number of carbonyl (C=O) groups is 1. The number of benzene rings is 1. The summed E-state index contributed by atoms with van der Waals surface area (Å²) in [7, 11) is 0. The number of hydrogen-bond donors (Lipinski definition) is 1. The summed E-state index contributed by atoms with van der Waals surface area (Å²) in [4.78, 5) is 26.1. The van der Waals surface area contributed by atoms with Gasteiger partial charge in [-0.1, -0.05) is 30.3 Å². The van der Waals surface area contributed by atoms with E-state index < -0.39 is 0 Å². The van der Waals surface area contributed by atoms with E-state index >= 15 is 0 Å². The zero-order valence-corrected chi connectivity index (χ0v) is 14.5. The average molecular weight is 354 g/mol. The van der Waals surface area contributed by atoms with Gasteiger partial charge >= 0.3 is 6.03 Å². The highest BCUT2D eigenvalue weighted by molar-refractivity contribution is 5.75.